The van der Waals surface area contributed by atoms with Gasteiger partial charge in [0.2, 0.25) is 0 Å². The summed E-state index contributed by atoms with van der Waals surface area (Å²) in [6.07, 6.45) is 56.9. The summed E-state index contributed by atoms with van der Waals surface area (Å²) in [6, 6.07) is 0. The van der Waals surface area contributed by atoms with Crippen LogP contribution in [0.3, 0.4) is 0 Å². The van der Waals surface area contributed by atoms with Crippen molar-refractivity contribution in [3.63, 3.8) is 0 Å². The van der Waals surface area contributed by atoms with Crippen LogP contribution < -0.4 is 0 Å². The highest BCUT2D eigenvalue weighted by Gasteiger charge is 2.19. The minimum Gasteiger partial charge on any atom is -0.462 e. The Kier molecular flexibility index (Phi) is 47.3. The molecule has 350 valence electrons. The van der Waals surface area contributed by atoms with Crippen molar-refractivity contribution in [2.24, 2.45) is 0 Å². The first-order chi connectivity index (χ1) is 29.5. The van der Waals surface area contributed by atoms with E-state index >= 15 is 0 Å². The van der Waals surface area contributed by atoms with Crippen molar-refractivity contribution in [1.29, 1.82) is 0 Å². The van der Waals surface area contributed by atoms with E-state index in [1.165, 1.54) is 148 Å². The predicted octanol–water partition coefficient (Wildman–Crippen LogP) is 16.9. The Hall–Kier alpha value is -2.37. The molecular weight excluding hydrogens is 745 g/mol. The monoisotopic (exact) mass is 843 g/mol. The molecule has 0 aromatic rings. The number of rotatable bonds is 47. The van der Waals surface area contributed by atoms with Crippen LogP contribution in [0.5, 0.6) is 0 Å². The molecule has 0 saturated heterocycles. The maximum absolute atomic E-state index is 12.8. The Morgan fingerprint density at radius 3 is 0.850 bits per heavy atom. The average molecular weight is 843 g/mol. The van der Waals surface area contributed by atoms with E-state index in [0.29, 0.717) is 19.3 Å². The fourth-order valence-corrected chi connectivity index (χ4v) is 7.37. The Morgan fingerprint density at radius 2 is 0.550 bits per heavy atom. The number of unbranched alkanes of at least 4 members (excludes halogenated alkanes) is 30. The lowest BCUT2D eigenvalue weighted by atomic mass is 10.1. The standard InChI is InChI=1S/C54H98O6/c1-4-7-10-13-16-19-22-25-26-27-30-32-35-38-41-44-47-53(56)59-50-51(60-54(57)48-45-42-39-36-33-29-24-21-18-15-12-9-6-3)49-58-52(55)46-43-40-37-34-31-28-23-20-17-14-11-8-5-2/h20-21,23-24,26-27,51H,4-19,22,25,28-50H2,1-3H3/b23-20-,24-21-,27-26-. The van der Waals surface area contributed by atoms with Crippen LogP contribution in [0.15, 0.2) is 36.5 Å². The molecule has 0 amide bonds. The van der Waals surface area contributed by atoms with Crippen molar-refractivity contribution in [1.82, 2.24) is 0 Å². The molecule has 0 rings (SSSR count). The molecule has 0 aliphatic carbocycles. The van der Waals surface area contributed by atoms with Gasteiger partial charge in [-0.15, -0.1) is 0 Å². The summed E-state index contributed by atoms with van der Waals surface area (Å²) >= 11 is 0. The fraction of sp³-hybridized carbons (Fsp3) is 0.833. The zero-order chi connectivity index (χ0) is 43.7. The maximum atomic E-state index is 12.8. The summed E-state index contributed by atoms with van der Waals surface area (Å²) in [5.74, 6) is -0.898. The fourth-order valence-electron chi connectivity index (χ4n) is 7.37. The van der Waals surface area contributed by atoms with Crippen molar-refractivity contribution >= 4 is 17.9 Å². The van der Waals surface area contributed by atoms with Crippen molar-refractivity contribution in [2.75, 3.05) is 13.2 Å². The van der Waals surface area contributed by atoms with Gasteiger partial charge in [-0.05, 0) is 96.3 Å². The van der Waals surface area contributed by atoms with Crippen LogP contribution >= 0.6 is 0 Å². The van der Waals surface area contributed by atoms with Crippen LogP contribution in [0.4, 0.5) is 0 Å². The van der Waals surface area contributed by atoms with Gasteiger partial charge in [0.1, 0.15) is 13.2 Å². The van der Waals surface area contributed by atoms with Gasteiger partial charge in [-0.3, -0.25) is 14.4 Å². The highest BCUT2D eigenvalue weighted by atomic mass is 16.6. The smallest absolute Gasteiger partial charge is 0.306 e. The van der Waals surface area contributed by atoms with Crippen LogP contribution in [-0.2, 0) is 28.6 Å². The first-order valence-electron chi connectivity index (χ1n) is 26.0. The summed E-state index contributed by atoms with van der Waals surface area (Å²) < 4.78 is 16.8. The topological polar surface area (TPSA) is 78.9 Å². The lowest BCUT2D eigenvalue weighted by Crippen LogP contribution is -2.30. The number of esters is 3. The maximum Gasteiger partial charge on any atom is 0.306 e. The lowest BCUT2D eigenvalue weighted by molar-refractivity contribution is -0.167. The van der Waals surface area contributed by atoms with E-state index in [1.807, 2.05) is 0 Å². The largest absolute Gasteiger partial charge is 0.462 e. The van der Waals surface area contributed by atoms with Crippen LogP contribution in [0.1, 0.15) is 271 Å². The number of carbonyl (C=O) groups excluding carboxylic acids is 3. The number of ether oxygens (including phenoxy) is 3. The van der Waals surface area contributed by atoms with Gasteiger partial charge < -0.3 is 14.2 Å². The zero-order valence-corrected chi connectivity index (χ0v) is 40.0. The molecule has 0 spiro atoms. The van der Waals surface area contributed by atoms with E-state index in [-0.39, 0.29) is 31.1 Å². The molecule has 0 aromatic carbocycles. The molecule has 0 aromatic heterocycles. The Balaban J connectivity index is 4.38. The molecular formula is C54H98O6. The van der Waals surface area contributed by atoms with E-state index in [9.17, 15) is 14.4 Å². The number of hydrogen-bond donors (Lipinski definition) is 0. The molecule has 6 nitrogen and oxygen atoms in total. The third-order valence-corrected chi connectivity index (χ3v) is 11.3. The van der Waals surface area contributed by atoms with Gasteiger partial charge in [-0.1, -0.05) is 192 Å². The molecule has 0 aliphatic heterocycles. The molecule has 60 heavy (non-hydrogen) atoms. The quantitative estimate of drug-likeness (QED) is 0.0263. The van der Waals surface area contributed by atoms with Crippen LogP contribution in [0, 0.1) is 0 Å². The molecule has 6 heteroatoms. The summed E-state index contributed by atoms with van der Waals surface area (Å²) in [5, 5.41) is 0. The van der Waals surface area contributed by atoms with Crippen molar-refractivity contribution < 1.29 is 28.6 Å². The minimum absolute atomic E-state index is 0.0810. The van der Waals surface area contributed by atoms with Gasteiger partial charge in [0.25, 0.3) is 0 Å². The Morgan fingerprint density at radius 1 is 0.317 bits per heavy atom. The summed E-state index contributed by atoms with van der Waals surface area (Å²) in [6.45, 7) is 6.60. The molecule has 0 saturated carbocycles. The molecule has 0 bridgehead atoms. The predicted molar refractivity (Wildman–Crippen MR) is 256 cm³/mol. The second-order valence-electron chi connectivity index (χ2n) is 17.4. The van der Waals surface area contributed by atoms with Crippen molar-refractivity contribution in [3.8, 4) is 0 Å². The SMILES string of the molecule is CCCCCC/C=C\CCCCCCCC(=O)OCC(COC(=O)CCCCCCC/C=C\CCCCCCCCC)OC(=O)CCCCCCC/C=C\CCCCCC. The second kappa shape index (κ2) is 49.3. The van der Waals surface area contributed by atoms with Crippen LogP contribution in [0.2, 0.25) is 0 Å². The Labute approximate surface area is 372 Å². The average Bonchev–Trinajstić information content (AvgIpc) is 3.24. The second-order valence-corrected chi connectivity index (χ2v) is 17.4. The van der Waals surface area contributed by atoms with Gasteiger partial charge in [-0.25, -0.2) is 0 Å². The molecule has 0 N–H and O–H groups in total. The van der Waals surface area contributed by atoms with Gasteiger partial charge >= 0.3 is 17.9 Å². The highest BCUT2D eigenvalue weighted by molar-refractivity contribution is 5.71. The third-order valence-electron chi connectivity index (χ3n) is 11.3. The molecule has 1 unspecified atom stereocenters. The molecule has 0 radical (unpaired) electrons. The van der Waals surface area contributed by atoms with Crippen LogP contribution in [0.25, 0.3) is 0 Å². The lowest BCUT2D eigenvalue weighted by Gasteiger charge is -2.18. The van der Waals surface area contributed by atoms with Gasteiger partial charge in [0.05, 0.1) is 0 Å². The number of allylic oxidation sites excluding steroid dienone is 6. The normalized spacial score (nSPS) is 12.2. The van der Waals surface area contributed by atoms with Gasteiger partial charge in [0, 0.05) is 19.3 Å². The van der Waals surface area contributed by atoms with Crippen molar-refractivity contribution in [2.45, 2.75) is 277 Å². The molecule has 1 atom stereocenters. The first-order valence-corrected chi connectivity index (χ1v) is 26.0. The van der Waals surface area contributed by atoms with Gasteiger partial charge in [0.15, 0.2) is 6.10 Å². The number of carbonyl (C=O) groups is 3. The van der Waals surface area contributed by atoms with E-state index in [4.69, 9.17) is 14.2 Å². The van der Waals surface area contributed by atoms with Crippen molar-refractivity contribution in [3.05, 3.63) is 36.5 Å². The summed E-state index contributed by atoms with van der Waals surface area (Å²) in [4.78, 5) is 37.9. The summed E-state index contributed by atoms with van der Waals surface area (Å²) in [7, 11) is 0. The van der Waals surface area contributed by atoms with E-state index in [1.54, 1.807) is 0 Å². The molecule has 0 aliphatic rings. The van der Waals surface area contributed by atoms with E-state index in [0.717, 1.165) is 83.5 Å². The molecule has 0 fully saturated rings. The van der Waals surface area contributed by atoms with E-state index < -0.39 is 6.10 Å². The third kappa shape index (κ3) is 46.7. The minimum atomic E-state index is -0.780. The van der Waals surface area contributed by atoms with Gasteiger partial charge in [-0.2, -0.15) is 0 Å². The van der Waals surface area contributed by atoms with Crippen LogP contribution in [-0.4, -0.2) is 37.2 Å². The highest BCUT2D eigenvalue weighted by Crippen LogP contribution is 2.14. The number of hydrogen-bond acceptors (Lipinski definition) is 6. The Bertz CT molecular complexity index is 1020. The zero-order valence-electron chi connectivity index (χ0n) is 40.0. The molecule has 0 heterocycles. The van der Waals surface area contributed by atoms with E-state index in [2.05, 4.69) is 57.2 Å². The summed E-state index contributed by atoms with van der Waals surface area (Å²) in [5.41, 5.74) is 0. The first kappa shape index (κ1) is 57.6.